The lowest BCUT2D eigenvalue weighted by atomic mass is 9.82. The minimum atomic E-state index is 0.247. The third-order valence-corrected chi connectivity index (χ3v) is 5.76. The third-order valence-electron chi connectivity index (χ3n) is 5.76. The number of nitrogens with one attached hydrogen (secondary N) is 1. The summed E-state index contributed by atoms with van der Waals surface area (Å²) < 4.78 is 11.3. The van der Waals surface area contributed by atoms with Crippen LogP contribution in [0.3, 0.4) is 0 Å². The number of hydrogen-bond acceptors (Lipinski definition) is 5. The van der Waals surface area contributed by atoms with Crippen LogP contribution in [0, 0.1) is 0 Å². The average Bonchev–Trinajstić information content (AvgIpc) is 3.21. The second-order valence-electron chi connectivity index (χ2n) is 6.84. The predicted molar refractivity (Wildman–Crippen MR) is 82.9 cm³/mol. The van der Waals surface area contributed by atoms with Crippen LogP contribution in [0.5, 0.6) is 0 Å². The molecule has 3 fully saturated rings. The van der Waals surface area contributed by atoms with Crippen LogP contribution < -0.4 is 11.3 Å². The number of nitrogens with zero attached hydrogens (tertiary/aromatic N) is 1. The van der Waals surface area contributed by atoms with E-state index >= 15 is 0 Å². The van der Waals surface area contributed by atoms with Crippen LogP contribution in [0.15, 0.2) is 0 Å². The monoisotopic (exact) mass is 297 g/mol. The quantitative estimate of drug-likeness (QED) is 0.573. The van der Waals surface area contributed by atoms with E-state index in [1.165, 1.54) is 38.5 Å². The summed E-state index contributed by atoms with van der Waals surface area (Å²) >= 11 is 0. The number of morpholine rings is 1. The largest absolute Gasteiger partial charge is 0.379 e. The number of nitrogens with two attached hydrogens (primary N) is 1. The number of hydrogen-bond donors (Lipinski definition) is 2. The lowest BCUT2D eigenvalue weighted by Gasteiger charge is -2.48. The molecule has 2 unspecified atom stereocenters. The Balaban J connectivity index is 1.64. The van der Waals surface area contributed by atoms with Gasteiger partial charge in [0.25, 0.3) is 0 Å². The molecular formula is C16H31N3O2. The highest BCUT2D eigenvalue weighted by Gasteiger charge is 2.45. The molecule has 5 nitrogen and oxygen atoms in total. The van der Waals surface area contributed by atoms with Crippen LogP contribution in [0.2, 0.25) is 0 Å². The maximum Gasteiger partial charge on any atom is 0.0594 e. The van der Waals surface area contributed by atoms with E-state index in [-0.39, 0.29) is 5.54 Å². The maximum atomic E-state index is 5.98. The molecule has 2 aliphatic heterocycles. The zero-order valence-corrected chi connectivity index (χ0v) is 13.2. The van der Waals surface area contributed by atoms with Crippen LogP contribution in [-0.4, -0.2) is 55.5 Å². The van der Waals surface area contributed by atoms with E-state index < -0.39 is 0 Å². The van der Waals surface area contributed by atoms with Gasteiger partial charge >= 0.3 is 0 Å². The van der Waals surface area contributed by atoms with Gasteiger partial charge < -0.3 is 9.47 Å². The van der Waals surface area contributed by atoms with Crippen molar-refractivity contribution in [3.8, 4) is 0 Å². The smallest absolute Gasteiger partial charge is 0.0594 e. The fourth-order valence-corrected chi connectivity index (χ4v) is 4.61. The topological polar surface area (TPSA) is 59.8 Å². The molecule has 3 aliphatic rings. The molecule has 0 aromatic carbocycles. The molecule has 3 N–H and O–H groups in total. The first-order valence-electron chi connectivity index (χ1n) is 8.76. The Morgan fingerprint density at radius 1 is 1.14 bits per heavy atom. The second-order valence-corrected chi connectivity index (χ2v) is 6.84. The zero-order valence-electron chi connectivity index (χ0n) is 13.2. The first-order chi connectivity index (χ1) is 10.3. The first kappa shape index (κ1) is 15.7. The van der Waals surface area contributed by atoms with Crippen molar-refractivity contribution in [3.63, 3.8) is 0 Å². The van der Waals surface area contributed by atoms with Crippen molar-refractivity contribution in [1.82, 2.24) is 10.3 Å². The molecule has 1 saturated carbocycles. The number of rotatable bonds is 6. The highest BCUT2D eigenvalue weighted by Crippen LogP contribution is 2.40. The van der Waals surface area contributed by atoms with Gasteiger partial charge in [-0.25, -0.2) is 0 Å². The van der Waals surface area contributed by atoms with Gasteiger partial charge in [-0.3, -0.25) is 16.2 Å². The van der Waals surface area contributed by atoms with E-state index in [1.54, 1.807) is 0 Å². The molecule has 2 atom stereocenters. The van der Waals surface area contributed by atoms with Gasteiger partial charge in [0.2, 0.25) is 0 Å². The fourth-order valence-electron chi connectivity index (χ4n) is 4.61. The van der Waals surface area contributed by atoms with Crippen molar-refractivity contribution in [2.24, 2.45) is 5.84 Å². The first-order valence-corrected chi connectivity index (χ1v) is 8.76. The Kier molecular flexibility index (Phi) is 5.51. The molecule has 0 aromatic rings. The van der Waals surface area contributed by atoms with E-state index in [2.05, 4.69) is 10.3 Å². The van der Waals surface area contributed by atoms with Gasteiger partial charge in [0.15, 0.2) is 0 Å². The highest BCUT2D eigenvalue weighted by molar-refractivity contribution is 5.03. The van der Waals surface area contributed by atoms with Crippen molar-refractivity contribution in [1.29, 1.82) is 0 Å². The molecule has 0 bridgehead atoms. The van der Waals surface area contributed by atoms with Crippen LogP contribution in [0.4, 0.5) is 0 Å². The van der Waals surface area contributed by atoms with Crippen LogP contribution >= 0.6 is 0 Å². The Labute approximate surface area is 128 Å². The molecule has 2 saturated heterocycles. The Hall–Kier alpha value is -0.200. The summed E-state index contributed by atoms with van der Waals surface area (Å²) in [6, 6.07) is 0.377. The molecule has 0 aromatic heterocycles. The molecule has 5 heteroatoms. The predicted octanol–water partition coefficient (Wildman–Crippen LogP) is 1.42. The molecule has 0 radical (unpaired) electrons. The number of ether oxygens (including phenoxy) is 2. The lowest BCUT2D eigenvalue weighted by Crippen LogP contribution is -2.63. The van der Waals surface area contributed by atoms with Gasteiger partial charge in [-0.15, -0.1) is 0 Å². The van der Waals surface area contributed by atoms with E-state index in [9.17, 15) is 0 Å². The van der Waals surface area contributed by atoms with Crippen LogP contribution in [0.25, 0.3) is 0 Å². The molecule has 2 heterocycles. The summed E-state index contributed by atoms with van der Waals surface area (Å²) in [5.41, 5.74) is 3.42. The van der Waals surface area contributed by atoms with Gasteiger partial charge in [0, 0.05) is 31.3 Å². The van der Waals surface area contributed by atoms with Crippen LogP contribution in [-0.2, 0) is 9.47 Å². The molecule has 21 heavy (non-hydrogen) atoms. The minimum Gasteiger partial charge on any atom is -0.379 e. The highest BCUT2D eigenvalue weighted by atomic mass is 16.5. The van der Waals surface area contributed by atoms with E-state index in [0.29, 0.717) is 12.1 Å². The van der Waals surface area contributed by atoms with Gasteiger partial charge in [-0.05, 0) is 38.5 Å². The lowest BCUT2D eigenvalue weighted by molar-refractivity contribution is -0.0388. The SMILES string of the molecule is NNC(CCC1CCCO1)C1(N2CCOCC2)CCCC1. The summed E-state index contributed by atoms with van der Waals surface area (Å²) in [6.07, 6.45) is 10.4. The summed E-state index contributed by atoms with van der Waals surface area (Å²) in [4.78, 5) is 2.66. The zero-order chi connectivity index (χ0) is 14.5. The Morgan fingerprint density at radius 3 is 2.52 bits per heavy atom. The van der Waals surface area contributed by atoms with Crippen molar-refractivity contribution in [2.75, 3.05) is 32.9 Å². The van der Waals surface area contributed by atoms with Gasteiger partial charge in [0.05, 0.1) is 19.3 Å². The Morgan fingerprint density at radius 2 is 1.90 bits per heavy atom. The Bertz CT molecular complexity index is 309. The summed E-state index contributed by atoms with van der Waals surface area (Å²) in [5, 5.41) is 0. The van der Waals surface area contributed by atoms with E-state index in [4.69, 9.17) is 15.3 Å². The van der Waals surface area contributed by atoms with Crippen LogP contribution in [0.1, 0.15) is 51.4 Å². The fraction of sp³-hybridized carbons (Fsp3) is 1.00. The number of hydrazine groups is 1. The van der Waals surface area contributed by atoms with Crippen molar-refractivity contribution < 1.29 is 9.47 Å². The van der Waals surface area contributed by atoms with Gasteiger partial charge in [-0.1, -0.05) is 12.8 Å². The summed E-state index contributed by atoms with van der Waals surface area (Å²) in [6.45, 7) is 4.78. The molecule has 0 spiro atoms. The molecule has 1 aliphatic carbocycles. The minimum absolute atomic E-state index is 0.247. The van der Waals surface area contributed by atoms with Gasteiger partial charge in [0.1, 0.15) is 0 Å². The molecule has 122 valence electrons. The molecular weight excluding hydrogens is 266 g/mol. The van der Waals surface area contributed by atoms with Gasteiger partial charge in [-0.2, -0.15) is 0 Å². The molecule has 0 amide bonds. The average molecular weight is 297 g/mol. The maximum absolute atomic E-state index is 5.98. The van der Waals surface area contributed by atoms with E-state index in [0.717, 1.165) is 45.8 Å². The van der Waals surface area contributed by atoms with E-state index in [1.807, 2.05) is 0 Å². The summed E-state index contributed by atoms with van der Waals surface area (Å²) in [7, 11) is 0. The van der Waals surface area contributed by atoms with Crippen molar-refractivity contribution in [3.05, 3.63) is 0 Å². The van der Waals surface area contributed by atoms with Crippen molar-refractivity contribution in [2.45, 2.75) is 69.1 Å². The molecule has 3 rings (SSSR count). The normalized spacial score (nSPS) is 31.6. The van der Waals surface area contributed by atoms with Crippen molar-refractivity contribution >= 4 is 0 Å². The standard InChI is InChI=1S/C16H31N3O2/c17-18-15(6-5-14-4-3-11-21-14)16(7-1-2-8-16)19-9-12-20-13-10-19/h14-15,18H,1-13,17H2. The third kappa shape index (κ3) is 3.42. The summed E-state index contributed by atoms with van der Waals surface area (Å²) in [5.74, 6) is 5.98. The second kappa shape index (κ2) is 7.38.